The Kier molecular flexibility index (Phi) is 7.13. The standard InChI is InChI=1S/C20H19Cl4NO3/c21-15-5-4-14(11-17(15)23)20(6-8-26)12-25(7-9-28-20)18(27)10-13-2-1-3-16(22)19(13)24/h1-5,11,26H,6-10,12H2. The van der Waals surface area contributed by atoms with Crippen LogP contribution >= 0.6 is 46.4 Å². The minimum absolute atomic E-state index is 0.0881. The molecule has 28 heavy (non-hydrogen) atoms. The van der Waals surface area contributed by atoms with E-state index in [1.54, 1.807) is 35.2 Å². The first kappa shape index (κ1) is 21.7. The van der Waals surface area contributed by atoms with Crippen molar-refractivity contribution in [3.8, 4) is 0 Å². The van der Waals surface area contributed by atoms with E-state index < -0.39 is 5.60 Å². The molecule has 150 valence electrons. The molecule has 0 radical (unpaired) electrons. The fourth-order valence-corrected chi connectivity index (χ4v) is 4.07. The molecule has 0 saturated carbocycles. The van der Waals surface area contributed by atoms with Gasteiger partial charge >= 0.3 is 0 Å². The number of ether oxygens (including phenoxy) is 1. The summed E-state index contributed by atoms with van der Waals surface area (Å²) in [5.74, 6) is -0.0881. The third-order valence-electron chi connectivity index (χ3n) is 4.87. The average molecular weight is 463 g/mol. The van der Waals surface area contributed by atoms with E-state index in [1.807, 2.05) is 6.07 Å². The van der Waals surface area contributed by atoms with Crippen molar-refractivity contribution < 1.29 is 14.6 Å². The summed E-state index contributed by atoms with van der Waals surface area (Å²) in [5.41, 5.74) is 0.594. The zero-order valence-electron chi connectivity index (χ0n) is 14.9. The van der Waals surface area contributed by atoms with Crippen LogP contribution in [0.25, 0.3) is 0 Å². The van der Waals surface area contributed by atoms with E-state index >= 15 is 0 Å². The van der Waals surface area contributed by atoms with Crippen LogP contribution in [-0.2, 0) is 21.6 Å². The second kappa shape index (κ2) is 9.21. The van der Waals surface area contributed by atoms with Crippen molar-refractivity contribution in [2.45, 2.75) is 18.4 Å². The van der Waals surface area contributed by atoms with Crippen LogP contribution in [0.1, 0.15) is 17.5 Å². The number of aliphatic hydroxyl groups excluding tert-OH is 1. The summed E-state index contributed by atoms with van der Waals surface area (Å²) < 4.78 is 6.06. The van der Waals surface area contributed by atoms with Crippen molar-refractivity contribution in [1.82, 2.24) is 4.90 Å². The second-order valence-corrected chi connectivity index (χ2v) is 8.25. The first-order valence-corrected chi connectivity index (χ1v) is 10.3. The normalized spacial score (nSPS) is 19.7. The van der Waals surface area contributed by atoms with Crippen LogP contribution in [0, 0.1) is 0 Å². The molecule has 0 aromatic heterocycles. The highest BCUT2D eigenvalue weighted by Crippen LogP contribution is 2.37. The van der Waals surface area contributed by atoms with Crippen LogP contribution < -0.4 is 0 Å². The highest BCUT2D eigenvalue weighted by Gasteiger charge is 2.40. The number of nitrogens with zero attached hydrogens (tertiary/aromatic N) is 1. The van der Waals surface area contributed by atoms with Gasteiger partial charge in [0.25, 0.3) is 0 Å². The molecular formula is C20H19Cl4NO3. The third-order valence-corrected chi connectivity index (χ3v) is 6.47. The lowest BCUT2D eigenvalue weighted by atomic mass is 9.88. The molecule has 4 nitrogen and oxygen atoms in total. The van der Waals surface area contributed by atoms with E-state index in [0.717, 1.165) is 5.56 Å². The Hall–Kier alpha value is -1.01. The summed E-state index contributed by atoms with van der Waals surface area (Å²) in [6, 6.07) is 10.5. The van der Waals surface area contributed by atoms with Gasteiger partial charge in [0.2, 0.25) is 5.91 Å². The van der Waals surface area contributed by atoms with E-state index in [2.05, 4.69) is 0 Å². The Morgan fingerprint density at radius 3 is 2.61 bits per heavy atom. The van der Waals surface area contributed by atoms with Gasteiger partial charge in [-0.25, -0.2) is 0 Å². The molecule has 0 aliphatic carbocycles. The molecule has 1 aliphatic heterocycles. The van der Waals surface area contributed by atoms with Crippen LogP contribution in [0.4, 0.5) is 0 Å². The van der Waals surface area contributed by atoms with Crippen molar-refractivity contribution in [2.75, 3.05) is 26.3 Å². The number of morpholine rings is 1. The number of hydrogen-bond acceptors (Lipinski definition) is 3. The topological polar surface area (TPSA) is 49.8 Å². The predicted octanol–water partition coefficient (Wildman–Crippen LogP) is 4.98. The summed E-state index contributed by atoms with van der Waals surface area (Å²) in [6.07, 6.45) is 0.461. The molecule has 8 heteroatoms. The van der Waals surface area contributed by atoms with Gasteiger partial charge < -0.3 is 14.7 Å². The molecular weight excluding hydrogens is 444 g/mol. The Morgan fingerprint density at radius 1 is 1.11 bits per heavy atom. The lowest BCUT2D eigenvalue weighted by molar-refractivity contribution is -0.155. The Labute approximate surface area is 183 Å². The van der Waals surface area contributed by atoms with Crippen molar-refractivity contribution in [1.29, 1.82) is 0 Å². The average Bonchev–Trinajstić information content (AvgIpc) is 2.68. The SMILES string of the molecule is O=C(Cc1cccc(Cl)c1Cl)N1CCOC(CCO)(c2ccc(Cl)c(Cl)c2)C1. The van der Waals surface area contributed by atoms with Gasteiger partial charge in [-0.15, -0.1) is 0 Å². The summed E-state index contributed by atoms with van der Waals surface area (Å²) in [5, 5.41) is 11.3. The minimum Gasteiger partial charge on any atom is -0.396 e. The minimum atomic E-state index is -0.852. The number of benzene rings is 2. The maximum atomic E-state index is 12.9. The Bertz CT molecular complexity index is 873. The third kappa shape index (κ3) is 4.59. The molecule has 1 amide bonds. The van der Waals surface area contributed by atoms with Gasteiger partial charge in [0.05, 0.1) is 39.7 Å². The maximum Gasteiger partial charge on any atom is 0.227 e. The number of hydrogen-bond donors (Lipinski definition) is 1. The summed E-state index contributed by atoms with van der Waals surface area (Å²) in [4.78, 5) is 14.7. The fourth-order valence-electron chi connectivity index (χ4n) is 3.39. The van der Waals surface area contributed by atoms with Crippen LogP contribution in [0.15, 0.2) is 36.4 Å². The number of carbonyl (C=O) groups excluding carboxylic acids is 1. The molecule has 1 atom stereocenters. The predicted molar refractivity (Wildman–Crippen MR) is 113 cm³/mol. The van der Waals surface area contributed by atoms with E-state index in [1.165, 1.54) is 0 Å². The molecule has 3 rings (SSSR count). The van der Waals surface area contributed by atoms with E-state index in [0.29, 0.717) is 51.8 Å². The lowest BCUT2D eigenvalue weighted by Crippen LogP contribution is -2.52. The quantitative estimate of drug-likeness (QED) is 0.681. The van der Waals surface area contributed by atoms with Crippen molar-refractivity contribution in [2.24, 2.45) is 0 Å². The van der Waals surface area contributed by atoms with Crippen LogP contribution in [-0.4, -0.2) is 42.2 Å². The van der Waals surface area contributed by atoms with Gasteiger partial charge in [0.15, 0.2) is 0 Å². The van der Waals surface area contributed by atoms with Gasteiger partial charge in [-0.2, -0.15) is 0 Å². The Balaban J connectivity index is 1.84. The molecule has 2 aromatic carbocycles. The maximum absolute atomic E-state index is 12.9. The molecule has 0 bridgehead atoms. The van der Waals surface area contributed by atoms with Crippen LogP contribution in [0.2, 0.25) is 20.1 Å². The van der Waals surface area contributed by atoms with Crippen molar-refractivity contribution in [3.63, 3.8) is 0 Å². The molecule has 1 saturated heterocycles. The smallest absolute Gasteiger partial charge is 0.227 e. The number of halogens is 4. The first-order chi connectivity index (χ1) is 13.4. The number of aliphatic hydroxyl groups is 1. The highest BCUT2D eigenvalue weighted by molar-refractivity contribution is 6.42. The second-order valence-electron chi connectivity index (χ2n) is 6.65. The number of amides is 1. The van der Waals surface area contributed by atoms with Gasteiger partial charge in [-0.3, -0.25) is 4.79 Å². The van der Waals surface area contributed by atoms with Gasteiger partial charge in [-0.1, -0.05) is 64.6 Å². The summed E-state index contributed by atoms with van der Waals surface area (Å²) in [6.45, 7) is 0.992. The first-order valence-electron chi connectivity index (χ1n) is 8.77. The molecule has 2 aromatic rings. The van der Waals surface area contributed by atoms with Gasteiger partial charge in [0.1, 0.15) is 5.60 Å². The number of carbonyl (C=O) groups is 1. The zero-order chi connectivity index (χ0) is 20.3. The molecule has 1 unspecified atom stereocenters. The molecule has 1 N–H and O–H groups in total. The van der Waals surface area contributed by atoms with Gasteiger partial charge in [0, 0.05) is 19.6 Å². The number of rotatable bonds is 5. The van der Waals surface area contributed by atoms with Crippen molar-refractivity contribution in [3.05, 3.63) is 67.6 Å². The monoisotopic (exact) mass is 461 g/mol. The molecule has 1 heterocycles. The van der Waals surface area contributed by atoms with Gasteiger partial charge in [-0.05, 0) is 29.3 Å². The summed E-state index contributed by atoms with van der Waals surface area (Å²) in [7, 11) is 0. The van der Waals surface area contributed by atoms with Crippen LogP contribution in [0.5, 0.6) is 0 Å². The molecule has 0 spiro atoms. The Morgan fingerprint density at radius 2 is 1.89 bits per heavy atom. The molecule has 1 fully saturated rings. The lowest BCUT2D eigenvalue weighted by Gasteiger charge is -2.43. The largest absolute Gasteiger partial charge is 0.396 e. The van der Waals surface area contributed by atoms with Crippen molar-refractivity contribution >= 4 is 52.3 Å². The highest BCUT2D eigenvalue weighted by atomic mass is 35.5. The van der Waals surface area contributed by atoms with E-state index in [-0.39, 0.29) is 18.9 Å². The van der Waals surface area contributed by atoms with E-state index in [4.69, 9.17) is 51.1 Å². The zero-order valence-corrected chi connectivity index (χ0v) is 18.0. The summed E-state index contributed by atoms with van der Waals surface area (Å²) >= 11 is 24.5. The van der Waals surface area contributed by atoms with E-state index in [9.17, 15) is 9.90 Å². The van der Waals surface area contributed by atoms with Crippen LogP contribution in [0.3, 0.4) is 0 Å². The fraction of sp³-hybridized carbons (Fsp3) is 0.350. The molecule has 1 aliphatic rings.